The van der Waals surface area contributed by atoms with E-state index in [0.29, 0.717) is 10.9 Å². The molecule has 17 heavy (non-hydrogen) atoms. The van der Waals surface area contributed by atoms with E-state index >= 15 is 0 Å². The Kier molecular flexibility index (Phi) is 3.71. The fraction of sp³-hybridized carbons (Fsp3) is 0.200. The van der Waals surface area contributed by atoms with E-state index in [9.17, 15) is 4.79 Å². The van der Waals surface area contributed by atoms with Gasteiger partial charge in [-0.25, -0.2) is 4.98 Å². The number of halogens is 2. The van der Waals surface area contributed by atoms with E-state index < -0.39 is 0 Å². The Morgan fingerprint density at radius 1 is 1.47 bits per heavy atom. The van der Waals surface area contributed by atoms with Gasteiger partial charge in [0, 0.05) is 4.88 Å². The van der Waals surface area contributed by atoms with Gasteiger partial charge in [-0.1, -0.05) is 23.2 Å². The Balaban J connectivity index is 2.37. The first-order valence-corrected chi connectivity index (χ1v) is 6.22. The summed E-state index contributed by atoms with van der Waals surface area (Å²) in [5.41, 5.74) is -0.308. The topological polar surface area (TPSA) is 44.1 Å². The van der Waals surface area contributed by atoms with Crippen molar-refractivity contribution in [2.45, 2.75) is 6.54 Å². The SMILES string of the molecule is COc1c(Cl)ncn(Cc2ccc(Cl)s2)c1=O. The van der Waals surface area contributed by atoms with Gasteiger partial charge in [0.15, 0.2) is 5.15 Å². The molecule has 90 valence electrons. The summed E-state index contributed by atoms with van der Waals surface area (Å²) in [4.78, 5) is 16.8. The predicted octanol–water partition coefficient (Wildman–Crippen LogP) is 2.67. The Morgan fingerprint density at radius 3 is 2.82 bits per heavy atom. The van der Waals surface area contributed by atoms with Gasteiger partial charge >= 0.3 is 0 Å². The van der Waals surface area contributed by atoms with Crippen molar-refractivity contribution in [3.8, 4) is 5.75 Å². The van der Waals surface area contributed by atoms with Crippen molar-refractivity contribution in [3.05, 3.63) is 43.2 Å². The zero-order chi connectivity index (χ0) is 12.4. The molecule has 0 aliphatic carbocycles. The van der Waals surface area contributed by atoms with Crippen molar-refractivity contribution >= 4 is 34.5 Å². The van der Waals surface area contributed by atoms with E-state index in [1.165, 1.54) is 29.3 Å². The maximum atomic E-state index is 11.9. The molecule has 0 fully saturated rings. The predicted molar refractivity (Wildman–Crippen MR) is 68.5 cm³/mol. The highest BCUT2D eigenvalue weighted by atomic mass is 35.5. The molecule has 0 bridgehead atoms. The van der Waals surface area contributed by atoms with Crippen LogP contribution in [0, 0.1) is 0 Å². The highest BCUT2D eigenvalue weighted by molar-refractivity contribution is 7.16. The second-order valence-corrected chi connectivity index (χ2v) is 5.37. The summed E-state index contributed by atoms with van der Waals surface area (Å²) in [5, 5.41) is 0.0676. The second kappa shape index (κ2) is 5.08. The lowest BCUT2D eigenvalue weighted by Crippen LogP contribution is -2.22. The molecule has 0 saturated heterocycles. The van der Waals surface area contributed by atoms with Crippen LogP contribution in [0.15, 0.2) is 23.3 Å². The third-order valence-corrected chi connectivity index (χ3v) is 3.60. The van der Waals surface area contributed by atoms with Gasteiger partial charge in [-0.15, -0.1) is 11.3 Å². The fourth-order valence-electron chi connectivity index (χ4n) is 1.34. The van der Waals surface area contributed by atoms with Crippen LogP contribution in [-0.4, -0.2) is 16.7 Å². The summed E-state index contributed by atoms with van der Waals surface area (Å²) < 4.78 is 7.01. The quantitative estimate of drug-likeness (QED) is 0.817. The van der Waals surface area contributed by atoms with Crippen LogP contribution in [0.5, 0.6) is 5.75 Å². The first kappa shape index (κ1) is 12.4. The summed E-state index contributed by atoms with van der Waals surface area (Å²) in [6, 6.07) is 3.65. The minimum absolute atomic E-state index is 0.0526. The minimum atomic E-state index is -0.308. The molecule has 0 amide bonds. The molecule has 0 aromatic carbocycles. The molecule has 0 aliphatic rings. The van der Waals surface area contributed by atoms with Crippen LogP contribution < -0.4 is 10.3 Å². The van der Waals surface area contributed by atoms with E-state index in [1.807, 2.05) is 6.07 Å². The van der Waals surface area contributed by atoms with Crippen molar-refractivity contribution in [2.75, 3.05) is 7.11 Å². The number of thiophene rings is 1. The molecule has 2 heterocycles. The van der Waals surface area contributed by atoms with Crippen LogP contribution in [0.3, 0.4) is 0 Å². The highest BCUT2D eigenvalue weighted by Gasteiger charge is 2.11. The van der Waals surface area contributed by atoms with E-state index in [0.717, 1.165) is 4.88 Å². The van der Waals surface area contributed by atoms with Crippen LogP contribution in [0.25, 0.3) is 0 Å². The molecule has 0 unspecified atom stereocenters. The summed E-state index contributed by atoms with van der Waals surface area (Å²) in [6.45, 7) is 0.400. The molecule has 2 aromatic rings. The Hall–Kier alpha value is -1.04. The van der Waals surface area contributed by atoms with Crippen molar-refractivity contribution in [2.24, 2.45) is 0 Å². The largest absolute Gasteiger partial charge is 0.489 e. The zero-order valence-corrected chi connectivity index (χ0v) is 11.1. The molecule has 0 atom stereocenters. The van der Waals surface area contributed by atoms with Gasteiger partial charge in [-0.05, 0) is 12.1 Å². The lowest BCUT2D eigenvalue weighted by molar-refractivity contribution is 0.401. The van der Waals surface area contributed by atoms with Crippen LogP contribution in [0.2, 0.25) is 9.49 Å². The van der Waals surface area contributed by atoms with E-state index in [-0.39, 0.29) is 16.5 Å². The van der Waals surface area contributed by atoms with Gasteiger partial charge in [-0.3, -0.25) is 9.36 Å². The minimum Gasteiger partial charge on any atom is -0.489 e. The lowest BCUT2D eigenvalue weighted by atomic mass is 10.4. The third kappa shape index (κ3) is 2.62. The molecule has 2 aromatic heterocycles. The smallest absolute Gasteiger partial charge is 0.297 e. The average Bonchev–Trinajstić information content (AvgIpc) is 2.69. The molecule has 2 rings (SSSR count). The van der Waals surface area contributed by atoms with Gasteiger partial charge in [-0.2, -0.15) is 0 Å². The number of aromatic nitrogens is 2. The Labute approximate surface area is 111 Å². The number of hydrogen-bond acceptors (Lipinski definition) is 4. The molecule has 7 heteroatoms. The lowest BCUT2D eigenvalue weighted by Gasteiger charge is -2.06. The average molecular weight is 291 g/mol. The van der Waals surface area contributed by atoms with E-state index in [4.69, 9.17) is 27.9 Å². The third-order valence-electron chi connectivity index (χ3n) is 2.11. The molecule has 0 N–H and O–H groups in total. The number of methoxy groups -OCH3 is 1. The number of nitrogens with zero attached hydrogens (tertiary/aromatic N) is 2. The number of hydrogen-bond donors (Lipinski definition) is 0. The van der Waals surface area contributed by atoms with Gasteiger partial charge < -0.3 is 4.74 Å². The normalized spacial score (nSPS) is 10.5. The Morgan fingerprint density at radius 2 is 2.24 bits per heavy atom. The first-order valence-electron chi connectivity index (χ1n) is 4.65. The van der Waals surface area contributed by atoms with E-state index in [2.05, 4.69) is 4.98 Å². The number of ether oxygens (including phenoxy) is 1. The summed E-state index contributed by atoms with van der Waals surface area (Å²) in [5.74, 6) is 0.0526. The van der Waals surface area contributed by atoms with Crippen molar-refractivity contribution in [1.82, 2.24) is 9.55 Å². The van der Waals surface area contributed by atoms with Gasteiger partial charge in [0.1, 0.15) is 0 Å². The van der Waals surface area contributed by atoms with Gasteiger partial charge in [0.05, 0.1) is 24.3 Å². The highest BCUT2D eigenvalue weighted by Crippen LogP contribution is 2.22. The zero-order valence-electron chi connectivity index (χ0n) is 8.81. The van der Waals surface area contributed by atoms with Crippen molar-refractivity contribution in [3.63, 3.8) is 0 Å². The molecule has 0 radical (unpaired) electrons. The standard InChI is InChI=1S/C10H8Cl2N2O2S/c1-16-8-9(12)13-5-14(10(8)15)4-6-2-3-7(11)17-6/h2-3,5H,4H2,1H3. The summed E-state index contributed by atoms with van der Waals surface area (Å²) >= 11 is 13.0. The molecule has 0 saturated carbocycles. The molecule has 0 aliphatic heterocycles. The first-order chi connectivity index (χ1) is 8.11. The molecule has 4 nitrogen and oxygen atoms in total. The Bertz CT molecular complexity index is 594. The van der Waals surface area contributed by atoms with Gasteiger partial charge in [0.2, 0.25) is 5.75 Å². The maximum Gasteiger partial charge on any atom is 0.297 e. The van der Waals surface area contributed by atoms with E-state index in [1.54, 1.807) is 6.07 Å². The molecular weight excluding hydrogens is 283 g/mol. The molecule has 0 spiro atoms. The fourth-order valence-corrected chi connectivity index (χ4v) is 2.63. The van der Waals surface area contributed by atoms with Crippen LogP contribution in [-0.2, 0) is 6.54 Å². The van der Waals surface area contributed by atoms with Crippen LogP contribution in [0.1, 0.15) is 4.88 Å². The van der Waals surface area contributed by atoms with Crippen LogP contribution in [0.4, 0.5) is 0 Å². The maximum absolute atomic E-state index is 11.9. The van der Waals surface area contributed by atoms with Crippen molar-refractivity contribution in [1.29, 1.82) is 0 Å². The van der Waals surface area contributed by atoms with Crippen LogP contribution >= 0.6 is 34.5 Å². The van der Waals surface area contributed by atoms with Gasteiger partial charge in [0.25, 0.3) is 5.56 Å². The summed E-state index contributed by atoms with van der Waals surface area (Å²) in [7, 11) is 1.39. The van der Waals surface area contributed by atoms with Crippen molar-refractivity contribution < 1.29 is 4.74 Å². The second-order valence-electron chi connectivity index (χ2n) is 3.21. The monoisotopic (exact) mass is 290 g/mol. The number of rotatable bonds is 3. The molecular formula is C10H8Cl2N2O2S. The summed E-state index contributed by atoms with van der Waals surface area (Å²) in [6.07, 6.45) is 1.39.